The summed E-state index contributed by atoms with van der Waals surface area (Å²) < 4.78 is 11.8. The Labute approximate surface area is 164 Å². The van der Waals surface area contributed by atoms with E-state index >= 15 is 0 Å². The van der Waals surface area contributed by atoms with Crippen molar-refractivity contribution >= 4 is 23.2 Å². The van der Waals surface area contributed by atoms with Crippen molar-refractivity contribution in [3.63, 3.8) is 0 Å². The van der Waals surface area contributed by atoms with Gasteiger partial charge in [0.05, 0.1) is 23.3 Å². The lowest BCUT2D eigenvalue weighted by atomic mass is 9.88. The fraction of sp³-hybridized carbons (Fsp3) is 0.450. The third kappa shape index (κ3) is 3.38. The van der Waals surface area contributed by atoms with Crippen LogP contribution in [0, 0.1) is 0 Å². The van der Waals surface area contributed by atoms with E-state index in [0.29, 0.717) is 27.8 Å². The summed E-state index contributed by atoms with van der Waals surface area (Å²) in [4.78, 5) is 3.96. The molecule has 6 heteroatoms. The molecule has 1 aromatic heterocycles. The number of benzene rings is 1. The van der Waals surface area contributed by atoms with E-state index in [2.05, 4.69) is 18.8 Å². The molecule has 140 valence electrons. The minimum atomic E-state index is -0.750. The zero-order chi connectivity index (χ0) is 18.9. The quantitative estimate of drug-likeness (QED) is 0.732. The second kappa shape index (κ2) is 7.63. The van der Waals surface area contributed by atoms with Crippen LogP contribution >= 0.6 is 23.2 Å². The Kier molecular flexibility index (Phi) is 5.66. The molecule has 1 unspecified atom stereocenters. The molecule has 1 atom stereocenters. The SMILES string of the molecule is CCC1(CC)Cc2c(C(O)Cc3c(Cl)cncc3Cl)ccc(OC)c2O1. The highest BCUT2D eigenvalue weighted by Crippen LogP contribution is 2.48. The summed E-state index contributed by atoms with van der Waals surface area (Å²) in [7, 11) is 1.63. The first kappa shape index (κ1) is 19.3. The van der Waals surface area contributed by atoms with Crippen molar-refractivity contribution in [3.05, 3.63) is 51.3 Å². The molecule has 0 amide bonds. The maximum atomic E-state index is 10.9. The molecule has 3 rings (SSSR count). The van der Waals surface area contributed by atoms with Gasteiger partial charge < -0.3 is 14.6 Å². The highest BCUT2D eigenvalue weighted by atomic mass is 35.5. The van der Waals surface area contributed by atoms with Gasteiger partial charge in [-0.25, -0.2) is 0 Å². The topological polar surface area (TPSA) is 51.6 Å². The zero-order valence-corrected chi connectivity index (χ0v) is 16.7. The fourth-order valence-electron chi connectivity index (χ4n) is 3.54. The number of fused-ring (bicyclic) bond motifs is 1. The molecule has 1 aliphatic heterocycles. The Morgan fingerprint density at radius 1 is 1.23 bits per heavy atom. The van der Waals surface area contributed by atoms with Crippen LogP contribution in [0.4, 0.5) is 0 Å². The minimum Gasteiger partial charge on any atom is -0.493 e. The van der Waals surface area contributed by atoms with Crippen LogP contribution in [-0.2, 0) is 12.8 Å². The number of methoxy groups -OCH3 is 1. The van der Waals surface area contributed by atoms with Gasteiger partial charge in [-0.1, -0.05) is 43.1 Å². The standard InChI is InChI=1S/C20H23Cl2NO3/c1-4-20(5-2)9-14-12(6-7-18(25-3)19(14)26-20)17(24)8-13-15(21)10-23-11-16(13)22/h6-7,10-11,17,24H,4-5,8-9H2,1-3H3. The molecule has 2 aromatic rings. The van der Waals surface area contributed by atoms with Gasteiger partial charge in [-0.15, -0.1) is 0 Å². The third-order valence-electron chi connectivity index (χ3n) is 5.30. The fourth-order valence-corrected chi connectivity index (χ4v) is 4.06. The molecule has 4 nitrogen and oxygen atoms in total. The van der Waals surface area contributed by atoms with E-state index in [0.717, 1.165) is 36.1 Å². The molecule has 0 spiro atoms. The number of aliphatic hydroxyl groups excluding tert-OH is 1. The van der Waals surface area contributed by atoms with E-state index in [1.165, 1.54) is 12.4 Å². The number of rotatable bonds is 6. The lowest BCUT2D eigenvalue weighted by Gasteiger charge is -2.25. The monoisotopic (exact) mass is 395 g/mol. The lowest BCUT2D eigenvalue weighted by Crippen LogP contribution is -2.32. The van der Waals surface area contributed by atoms with E-state index in [9.17, 15) is 5.11 Å². The Hall–Kier alpha value is -1.49. The highest BCUT2D eigenvalue weighted by Gasteiger charge is 2.40. The summed E-state index contributed by atoms with van der Waals surface area (Å²) in [5, 5.41) is 11.8. The van der Waals surface area contributed by atoms with Gasteiger partial charge in [-0.05, 0) is 30.0 Å². The second-order valence-electron chi connectivity index (χ2n) is 6.64. The van der Waals surface area contributed by atoms with Crippen LogP contribution in [0.5, 0.6) is 11.5 Å². The molecule has 0 saturated carbocycles. The summed E-state index contributed by atoms with van der Waals surface area (Å²) >= 11 is 12.4. The molecule has 0 aliphatic carbocycles. The Morgan fingerprint density at radius 2 is 1.88 bits per heavy atom. The Balaban J connectivity index is 1.98. The predicted molar refractivity (Wildman–Crippen MR) is 104 cm³/mol. The van der Waals surface area contributed by atoms with Crippen LogP contribution in [0.25, 0.3) is 0 Å². The second-order valence-corrected chi connectivity index (χ2v) is 7.45. The third-order valence-corrected chi connectivity index (χ3v) is 5.95. The smallest absolute Gasteiger partial charge is 0.165 e. The van der Waals surface area contributed by atoms with Gasteiger partial charge in [0.15, 0.2) is 11.5 Å². The number of nitrogens with zero attached hydrogens (tertiary/aromatic N) is 1. The average Bonchev–Trinajstić information content (AvgIpc) is 3.04. The first-order valence-corrected chi connectivity index (χ1v) is 9.55. The summed E-state index contributed by atoms with van der Waals surface area (Å²) in [6.45, 7) is 4.24. The van der Waals surface area contributed by atoms with Crippen molar-refractivity contribution in [2.45, 2.75) is 51.2 Å². The summed E-state index contributed by atoms with van der Waals surface area (Å²) in [5.74, 6) is 1.43. The van der Waals surface area contributed by atoms with Gasteiger partial charge in [-0.2, -0.15) is 0 Å². The van der Waals surface area contributed by atoms with Crippen molar-refractivity contribution in [2.24, 2.45) is 0 Å². The maximum Gasteiger partial charge on any atom is 0.165 e. The normalized spacial score (nSPS) is 16.1. The van der Waals surface area contributed by atoms with Gasteiger partial charge in [0.25, 0.3) is 0 Å². The number of hydrogen-bond acceptors (Lipinski definition) is 4. The van der Waals surface area contributed by atoms with E-state index in [1.54, 1.807) is 7.11 Å². The zero-order valence-electron chi connectivity index (χ0n) is 15.2. The Bertz CT molecular complexity index is 786. The number of ether oxygens (including phenoxy) is 2. The maximum absolute atomic E-state index is 10.9. The van der Waals surface area contributed by atoms with Crippen molar-refractivity contribution < 1.29 is 14.6 Å². The average molecular weight is 396 g/mol. The molecule has 0 fully saturated rings. The molecule has 1 N–H and O–H groups in total. The summed E-state index contributed by atoms with van der Waals surface area (Å²) in [5.41, 5.74) is 2.27. The Morgan fingerprint density at radius 3 is 2.46 bits per heavy atom. The molecule has 1 aromatic carbocycles. The molecule has 26 heavy (non-hydrogen) atoms. The molecule has 0 bridgehead atoms. The molecular formula is C20H23Cl2NO3. The first-order valence-electron chi connectivity index (χ1n) is 8.79. The van der Waals surface area contributed by atoms with Crippen LogP contribution in [0.2, 0.25) is 10.0 Å². The highest BCUT2D eigenvalue weighted by molar-refractivity contribution is 6.35. The molecule has 1 aliphatic rings. The molecule has 0 radical (unpaired) electrons. The first-order chi connectivity index (χ1) is 12.4. The molecule has 2 heterocycles. The number of aliphatic hydroxyl groups is 1. The minimum absolute atomic E-state index is 0.253. The van der Waals surface area contributed by atoms with Crippen LogP contribution in [0.15, 0.2) is 24.5 Å². The van der Waals surface area contributed by atoms with Crippen molar-refractivity contribution in [3.8, 4) is 11.5 Å². The molecule has 0 saturated heterocycles. The summed E-state index contributed by atoms with van der Waals surface area (Å²) in [6.07, 6.45) is 5.16. The number of hydrogen-bond donors (Lipinski definition) is 1. The largest absolute Gasteiger partial charge is 0.493 e. The lowest BCUT2D eigenvalue weighted by molar-refractivity contribution is 0.0827. The van der Waals surface area contributed by atoms with E-state index in [4.69, 9.17) is 32.7 Å². The number of halogens is 2. The number of pyridine rings is 1. The van der Waals surface area contributed by atoms with Gasteiger partial charge >= 0.3 is 0 Å². The van der Waals surface area contributed by atoms with Gasteiger partial charge in [0.2, 0.25) is 0 Å². The van der Waals surface area contributed by atoms with Crippen molar-refractivity contribution in [1.29, 1.82) is 0 Å². The van der Waals surface area contributed by atoms with Crippen molar-refractivity contribution in [1.82, 2.24) is 4.98 Å². The van der Waals surface area contributed by atoms with Crippen LogP contribution in [-0.4, -0.2) is 22.8 Å². The number of aromatic nitrogens is 1. The van der Waals surface area contributed by atoms with Crippen LogP contribution < -0.4 is 9.47 Å². The van der Waals surface area contributed by atoms with Gasteiger partial charge in [-0.3, -0.25) is 4.98 Å². The van der Waals surface area contributed by atoms with Crippen LogP contribution in [0.3, 0.4) is 0 Å². The van der Waals surface area contributed by atoms with E-state index < -0.39 is 6.10 Å². The van der Waals surface area contributed by atoms with Crippen LogP contribution in [0.1, 0.15) is 49.5 Å². The van der Waals surface area contributed by atoms with E-state index in [1.807, 2.05) is 12.1 Å². The van der Waals surface area contributed by atoms with Gasteiger partial charge in [0, 0.05) is 30.8 Å². The van der Waals surface area contributed by atoms with Gasteiger partial charge in [0.1, 0.15) is 5.60 Å². The van der Waals surface area contributed by atoms with E-state index in [-0.39, 0.29) is 5.60 Å². The van der Waals surface area contributed by atoms with Crippen molar-refractivity contribution in [2.75, 3.05) is 7.11 Å². The summed E-state index contributed by atoms with van der Waals surface area (Å²) in [6, 6.07) is 3.74. The molecular weight excluding hydrogens is 373 g/mol. The predicted octanol–water partition coefficient (Wildman–Crippen LogP) is 5.17.